The van der Waals surface area contributed by atoms with Crippen LogP contribution in [0, 0.1) is 4.91 Å². The topological polar surface area (TPSA) is 158 Å². The number of carboxylic acids is 1. The van der Waals surface area contributed by atoms with E-state index in [0.717, 1.165) is 11.3 Å². The van der Waals surface area contributed by atoms with Gasteiger partial charge in [-0.15, -0.1) is 28.0 Å². The number of carbonyl (C=O) groups excluding carboxylic acids is 2. The normalized spacial score (nSPS) is 28.0. The van der Waals surface area contributed by atoms with Crippen LogP contribution in [0.1, 0.15) is 18.2 Å². The summed E-state index contributed by atoms with van der Waals surface area (Å²) < 4.78 is 4.76. The van der Waals surface area contributed by atoms with Gasteiger partial charge in [0.15, 0.2) is 10.1 Å². The molecule has 1 aromatic rings. The molecular formula is C13H10N4O7S2. The maximum Gasteiger partial charge on any atom is 0.357 e. The average Bonchev–Trinajstić information content (AvgIpc) is 3.11. The van der Waals surface area contributed by atoms with Crippen molar-refractivity contribution in [3.8, 4) is 0 Å². The zero-order valence-electron chi connectivity index (χ0n) is 12.7. The van der Waals surface area contributed by atoms with Crippen LogP contribution in [0.2, 0.25) is 0 Å². The minimum Gasteiger partial charge on any atom is -0.479 e. The van der Waals surface area contributed by atoms with Crippen LogP contribution in [0.5, 0.6) is 0 Å². The van der Waals surface area contributed by atoms with Crippen LogP contribution in [0.3, 0.4) is 0 Å². The second-order valence-corrected chi connectivity index (χ2v) is 7.77. The number of carboxylic acid groups (broad SMARTS) is 1. The quantitative estimate of drug-likeness (QED) is 0.355. The minimum atomic E-state index is -1.62. The van der Waals surface area contributed by atoms with Crippen LogP contribution in [-0.2, 0) is 19.1 Å². The SMILES string of the molecule is O=NC(C(=O)O)c1csc(NC23CC(=O)N2C2=C(CS3)C(O)OC2=O)n1. The van der Waals surface area contributed by atoms with Crippen molar-refractivity contribution in [1.29, 1.82) is 0 Å². The Balaban J connectivity index is 1.62. The number of aliphatic hydroxyl groups excluding tert-OH is 1. The molecule has 13 heteroatoms. The summed E-state index contributed by atoms with van der Waals surface area (Å²) in [7, 11) is 0. The van der Waals surface area contributed by atoms with Crippen LogP contribution in [-0.4, -0.2) is 55.0 Å². The van der Waals surface area contributed by atoms with Gasteiger partial charge in [0, 0.05) is 16.7 Å². The highest BCUT2D eigenvalue weighted by atomic mass is 32.2. The zero-order valence-corrected chi connectivity index (χ0v) is 14.4. The molecule has 3 aliphatic rings. The van der Waals surface area contributed by atoms with Crippen molar-refractivity contribution < 1.29 is 29.3 Å². The number of nitrogens with zero attached hydrogens (tertiary/aromatic N) is 3. The molecule has 0 bridgehead atoms. The standard InChI is InChI=1S/C13H10N4O7S2/c18-6-1-13(15-12-14-5(3-25-12)7(16-23)9(19)20)17(6)8-4(2-26-13)10(21)24-11(8)22/h3,7,10,21H,1-2H2,(H,14,15)(H,19,20). The van der Waals surface area contributed by atoms with E-state index in [1.54, 1.807) is 0 Å². The van der Waals surface area contributed by atoms with E-state index in [2.05, 4.69) is 15.5 Å². The molecule has 3 aliphatic heterocycles. The van der Waals surface area contributed by atoms with Crippen molar-refractivity contribution in [3.05, 3.63) is 27.3 Å². The molecule has 1 amide bonds. The maximum absolute atomic E-state index is 12.1. The number of ether oxygens (including phenoxy) is 1. The number of thiazole rings is 1. The molecule has 0 spiro atoms. The number of esters is 1. The summed E-state index contributed by atoms with van der Waals surface area (Å²) in [5.74, 6) is -2.24. The number of hydrogen-bond acceptors (Lipinski definition) is 11. The van der Waals surface area contributed by atoms with Gasteiger partial charge in [-0.25, -0.2) is 14.6 Å². The molecule has 0 radical (unpaired) electrons. The van der Waals surface area contributed by atoms with Gasteiger partial charge in [-0.1, -0.05) is 0 Å². The first-order chi connectivity index (χ1) is 12.4. The molecule has 1 aromatic heterocycles. The Bertz CT molecular complexity index is 884. The Kier molecular flexibility index (Phi) is 3.75. The number of nitroso groups, excluding NO2 is 1. The van der Waals surface area contributed by atoms with Gasteiger partial charge in [0.05, 0.1) is 12.1 Å². The first-order valence-corrected chi connectivity index (χ1v) is 9.11. The molecule has 4 rings (SSSR count). The lowest BCUT2D eigenvalue weighted by atomic mass is 10.0. The smallest absolute Gasteiger partial charge is 0.357 e. The van der Waals surface area contributed by atoms with Crippen molar-refractivity contribution in [2.45, 2.75) is 23.7 Å². The number of aliphatic carboxylic acids is 1. The van der Waals surface area contributed by atoms with Crippen molar-refractivity contribution in [2.24, 2.45) is 5.18 Å². The molecule has 3 unspecified atom stereocenters. The van der Waals surface area contributed by atoms with E-state index in [0.29, 0.717) is 5.57 Å². The molecule has 4 heterocycles. The molecule has 3 N–H and O–H groups in total. The number of amides is 1. The monoisotopic (exact) mass is 398 g/mol. The van der Waals surface area contributed by atoms with Gasteiger partial charge in [0.25, 0.3) is 0 Å². The summed E-state index contributed by atoms with van der Waals surface area (Å²) >= 11 is 2.33. The molecule has 1 fully saturated rings. The molecule has 0 aromatic carbocycles. The van der Waals surface area contributed by atoms with E-state index in [1.807, 2.05) is 0 Å². The molecule has 11 nitrogen and oxygen atoms in total. The molecule has 26 heavy (non-hydrogen) atoms. The van der Waals surface area contributed by atoms with Gasteiger partial charge < -0.3 is 20.3 Å². The van der Waals surface area contributed by atoms with E-state index in [1.165, 1.54) is 22.0 Å². The van der Waals surface area contributed by atoms with E-state index in [9.17, 15) is 24.4 Å². The predicted octanol–water partition coefficient (Wildman–Crippen LogP) is 0.209. The minimum absolute atomic E-state index is 0.0229. The first-order valence-electron chi connectivity index (χ1n) is 7.24. The molecule has 0 saturated carbocycles. The highest BCUT2D eigenvalue weighted by Crippen LogP contribution is 2.52. The fraction of sp³-hybridized carbons (Fsp3) is 0.385. The Morgan fingerprint density at radius 1 is 1.54 bits per heavy atom. The van der Waals surface area contributed by atoms with Gasteiger partial charge in [-0.05, 0) is 5.18 Å². The number of aliphatic hydroxyl groups is 1. The summed E-state index contributed by atoms with van der Waals surface area (Å²) in [6.45, 7) is 0. The number of anilines is 1. The van der Waals surface area contributed by atoms with Crippen LogP contribution in [0.25, 0.3) is 0 Å². The third-order valence-corrected chi connectivity index (χ3v) is 6.29. The van der Waals surface area contributed by atoms with Crippen LogP contribution in [0.15, 0.2) is 21.8 Å². The first kappa shape index (κ1) is 16.9. The highest BCUT2D eigenvalue weighted by Gasteiger charge is 2.60. The number of rotatable bonds is 5. The second kappa shape index (κ2) is 5.75. The van der Waals surface area contributed by atoms with E-state index < -0.39 is 29.3 Å². The number of thioether (sulfide) groups is 1. The molecule has 136 valence electrons. The lowest BCUT2D eigenvalue weighted by molar-refractivity contribution is -0.157. The number of cyclic esters (lactones) is 1. The van der Waals surface area contributed by atoms with Crippen molar-refractivity contribution >= 4 is 46.1 Å². The van der Waals surface area contributed by atoms with Crippen molar-refractivity contribution in [2.75, 3.05) is 11.1 Å². The summed E-state index contributed by atoms with van der Waals surface area (Å²) in [4.78, 5) is 50.0. The molecule has 0 aliphatic carbocycles. The van der Waals surface area contributed by atoms with Gasteiger partial charge >= 0.3 is 11.9 Å². The number of carbonyl (C=O) groups is 3. The highest BCUT2D eigenvalue weighted by molar-refractivity contribution is 8.01. The fourth-order valence-electron chi connectivity index (χ4n) is 2.94. The van der Waals surface area contributed by atoms with Crippen molar-refractivity contribution in [3.63, 3.8) is 0 Å². The summed E-state index contributed by atoms with van der Waals surface area (Å²) in [5.41, 5.74) is 0.334. The van der Waals surface area contributed by atoms with E-state index >= 15 is 0 Å². The number of fused-ring (bicyclic) bond motifs is 2. The average molecular weight is 398 g/mol. The van der Waals surface area contributed by atoms with Crippen LogP contribution >= 0.6 is 23.1 Å². The zero-order chi connectivity index (χ0) is 18.6. The van der Waals surface area contributed by atoms with Gasteiger partial charge in [0.1, 0.15) is 5.70 Å². The van der Waals surface area contributed by atoms with E-state index in [4.69, 9.17) is 9.84 Å². The van der Waals surface area contributed by atoms with Gasteiger partial charge in [-0.2, -0.15) is 0 Å². The third-order valence-electron chi connectivity index (χ3n) is 4.15. The number of hydrogen-bond donors (Lipinski definition) is 3. The lowest BCUT2D eigenvalue weighted by Gasteiger charge is -2.53. The lowest BCUT2D eigenvalue weighted by Crippen LogP contribution is -2.67. The fourth-order valence-corrected chi connectivity index (χ4v) is 5.19. The largest absolute Gasteiger partial charge is 0.479 e. The van der Waals surface area contributed by atoms with Crippen LogP contribution < -0.4 is 5.32 Å². The number of aromatic nitrogens is 1. The predicted molar refractivity (Wildman–Crippen MR) is 87.7 cm³/mol. The Morgan fingerprint density at radius 3 is 2.96 bits per heavy atom. The van der Waals surface area contributed by atoms with Crippen LogP contribution in [0.4, 0.5) is 5.13 Å². The van der Waals surface area contributed by atoms with E-state index in [-0.39, 0.29) is 34.6 Å². The number of β-lactam (4-membered cyclic amide) rings is 1. The molecular weight excluding hydrogens is 388 g/mol. The Hall–Kier alpha value is -2.51. The Morgan fingerprint density at radius 2 is 2.31 bits per heavy atom. The number of nitrogens with one attached hydrogen (secondary N) is 1. The maximum atomic E-state index is 12.1. The second-order valence-electron chi connectivity index (χ2n) is 5.66. The Labute approximate surface area is 153 Å². The molecule has 1 saturated heterocycles. The molecule has 3 atom stereocenters. The third kappa shape index (κ3) is 2.31. The van der Waals surface area contributed by atoms with Gasteiger partial charge in [0.2, 0.25) is 18.2 Å². The summed E-state index contributed by atoms with van der Waals surface area (Å²) in [6, 6.07) is -1.62. The van der Waals surface area contributed by atoms with Gasteiger partial charge in [-0.3, -0.25) is 9.69 Å². The summed E-state index contributed by atoms with van der Waals surface area (Å²) in [6.07, 6.45) is -1.29. The summed E-state index contributed by atoms with van der Waals surface area (Å²) in [5, 5.41) is 25.9. The van der Waals surface area contributed by atoms with Crippen molar-refractivity contribution in [1.82, 2.24) is 9.88 Å².